The van der Waals surface area contributed by atoms with Crippen molar-refractivity contribution >= 4 is 35.0 Å². The Morgan fingerprint density at radius 3 is 1.35 bits per heavy atom. The molecule has 2 atom stereocenters. The molecule has 8 nitrogen and oxygen atoms in total. The highest BCUT2D eigenvalue weighted by molar-refractivity contribution is 6.23. The van der Waals surface area contributed by atoms with Crippen LogP contribution in [0.5, 0.6) is 0 Å². The van der Waals surface area contributed by atoms with Gasteiger partial charge in [-0.05, 0) is 49.2 Å². The number of nitrogens with zero attached hydrogens (tertiary/aromatic N) is 4. The van der Waals surface area contributed by atoms with Gasteiger partial charge in [-0.25, -0.2) is 9.80 Å². The summed E-state index contributed by atoms with van der Waals surface area (Å²) in [5.41, 5.74) is 3.21. The molecular formula is C26H28N4O4. The molecule has 0 spiro atoms. The number of carbonyl (C=O) groups excluding carboxylic acids is 4. The van der Waals surface area contributed by atoms with Crippen molar-refractivity contribution in [2.75, 3.05) is 36.0 Å². The van der Waals surface area contributed by atoms with Crippen LogP contribution in [0.25, 0.3) is 0 Å². The van der Waals surface area contributed by atoms with E-state index >= 15 is 0 Å². The minimum Gasteiger partial charge on any atom is -0.289 e. The van der Waals surface area contributed by atoms with Crippen LogP contribution >= 0.6 is 0 Å². The molecule has 3 aliphatic rings. The van der Waals surface area contributed by atoms with Crippen molar-refractivity contribution in [1.82, 2.24) is 9.80 Å². The molecule has 0 aliphatic carbocycles. The number of amides is 4. The molecule has 4 amide bonds. The highest BCUT2D eigenvalue weighted by Gasteiger charge is 2.46. The van der Waals surface area contributed by atoms with Crippen molar-refractivity contribution < 1.29 is 19.2 Å². The van der Waals surface area contributed by atoms with Crippen LogP contribution in [0.4, 0.5) is 11.4 Å². The van der Waals surface area contributed by atoms with Gasteiger partial charge in [0.1, 0.15) is 0 Å². The third-order valence-corrected chi connectivity index (χ3v) is 7.00. The average Bonchev–Trinajstić information content (AvgIpc) is 3.28. The zero-order valence-corrected chi connectivity index (χ0v) is 19.4. The Hall–Kier alpha value is -3.36. The van der Waals surface area contributed by atoms with Gasteiger partial charge in [0.05, 0.1) is 36.3 Å². The lowest BCUT2D eigenvalue weighted by Gasteiger charge is -2.38. The second-order valence-corrected chi connectivity index (χ2v) is 9.32. The first-order valence-electron chi connectivity index (χ1n) is 11.7. The van der Waals surface area contributed by atoms with Crippen molar-refractivity contribution in [1.29, 1.82) is 0 Å². The van der Waals surface area contributed by atoms with Crippen molar-refractivity contribution in [2.45, 2.75) is 38.8 Å². The van der Waals surface area contributed by atoms with E-state index in [0.717, 1.165) is 11.1 Å². The molecule has 0 aromatic heterocycles. The maximum Gasteiger partial charge on any atom is 0.251 e. The van der Waals surface area contributed by atoms with Crippen LogP contribution in [0.3, 0.4) is 0 Å². The van der Waals surface area contributed by atoms with E-state index in [1.165, 1.54) is 9.80 Å². The first kappa shape index (κ1) is 22.4. The molecule has 34 heavy (non-hydrogen) atoms. The van der Waals surface area contributed by atoms with Gasteiger partial charge in [-0.15, -0.1) is 0 Å². The molecule has 3 fully saturated rings. The predicted octanol–water partition coefficient (Wildman–Crippen LogP) is 1.89. The van der Waals surface area contributed by atoms with Crippen LogP contribution in [0.15, 0.2) is 48.5 Å². The largest absolute Gasteiger partial charge is 0.289 e. The maximum atomic E-state index is 13.1. The van der Waals surface area contributed by atoms with E-state index in [2.05, 4.69) is 0 Å². The zero-order valence-electron chi connectivity index (χ0n) is 19.4. The monoisotopic (exact) mass is 460 g/mol. The van der Waals surface area contributed by atoms with E-state index in [0.29, 0.717) is 37.6 Å². The number of carbonyl (C=O) groups is 4. The number of rotatable bonds is 4. The average molecular weight is 461 g/mol. The molecule has 0 bridgehead atoms. The fraction of sp³-hybridized carbons (Fsp3) is 0.385. The number of aryl methyl sites for hydroxylation is 2. The standard InChI is InChI=1S/C26H28N4O4/c1-17-5-3-7-19(13-17)29-23(31)15-21(25(29)33)27-9-11-28(12-10-27)22-16-24(32)30(26(22)34)20-8-4-6-18(2)14-20/h3-8,13-14,21-22H,9-12,15-16H2,1-2H3/t21-,22-/m1/s1. The molecule has 2 aromatic rings. The van der Waals surface area contributed by atoms with Crippen molar-refractivity contribution in [3.05, 3.63) is 59.7 Å². The number of benzene rings is 2. The fourth-order valence-electron chi connectivity index (χ4n) is 5.24. The molecule has 3 saturated heterocycles. The first-order valence-corrected chi connectivity index (χ1v) is 11.7. The Balaban J connectivity index is 1.24. The molecular weight excluding hydrogens is 432 g/mol. The molecule has 0 radical (unpaired) electrons. The number of hydrogen-bond acceptors (Lipinski definition) is 6. The van der Waals surface area contributed by atoms with Gasteiger partial charge in [0.25, 0.3) is 11.8 Å². The number of imide groups is 2. The topological polar surface area (TPSA) is 81.2 Å². The van der Waals surface area contributed by atoms with E-state index in [-0.39, 0.29) is 36.5 Å². The lowest BCUT2D eigenvalue weighted by Crippen LogP contribution is -2.56. The van der Waals surface area contributed by atoms with Crippen LogP contribution in [0, 0.1) is 13.8 Å². The van der Waals surface area contributed by atoms with Gasteiger partial charge < -0.3 is 0 Å². The summed E-state index contributed by atoms with van der Waals surface area (Å²) in [5.74, 6) is -0.759. The Kier molecular flexibility index (Phi) is 5.79. The quantitative estimate of drug-likeness (QED) is 0.649. The molecule has 3 aliphatic heterocycles. The Morgan fingerprint density at radius 1 is 0.618 bits per heavy atom. The van der Waals surface area contributed by atoms with E-state index in [4.69, 9.17) is 0 Å². The van der Waals surface area contributed by atoms with Crippen LogP contribution < -0.4 is 9.80 Å². The minimum atomic E-state index is -0.486. The van der Waals surface area contributed by atoms with E-state index in [1.807, 2.05) is 60.0 Å². The van der Waals surface area contributed by atoms with E-state index < -0.39 is 12.1 Å². The second-order valence-electron chi connectivity index (χ2n) is 9.32. The van der Waals surface area contributed by atoms with Crippen molar-refractivity contribution in [3.8, 4) is 0 Å². The lowest BCUT2D eigenvalue weighted by molar-refractivity contribution is -0.126. The molecule has 2 aromatic carbocycles. The SMILES string of the molecule is Cc1cccc(N2C(=O)C[C@@H](N3CCN([C@@H]4CC(=O)N(c5cccc(C)c5)C4=O)CC3)C2=O)c1. The highest BCUT2D eigenvalue weighted by Crippen LogP contribution is 2.29. The predicted molar refractivity (Wildman–Crippen MR) is 127 cm³/mol. The molecule has 0 unspecified atom stereocenters. The van der Waals surface area contributed by atoms with Crippen molar-refractivity contribution in [3.63, 3.8) is 0 Å². The van der Waals surface area contributed by atoms with E-state index in [9.17, 15) is 19.2 Å². The maximum absolute atomic E-state index is 13.1. The van der Waals surface area contributed by atoms with Crippen LogP contribution in [-0.4, -0.2) is 71.7 Å². The van der Waals surface area contributed by atoms with Gasteiger partial charge in [0.15, 0.2) is 0 Å². The summed E-state index contributed by atoms with van der Waals surface area (Å²) < 4.78 is 0. The summed E-state index contributed by atoms with van der Waals surface area (Å²) >= 11 is 0. The molecule has 0 saturated carbocycles. The molecule has 5 rings (SSSR count). The smallest absolute Gasteiger partial charge is 0.251 e. The number of anilines is 2. The summed E-state index contributed by atoms with van der Waals surface area (Å²) in [5, 5.41) is 0. The third kappa shape index (κ3) is 3.93. The Labute approximate surface area is 198 Å². The lowest BCUT2D eigenvalue weighted by atomic mass is 10.1. The van der Waals surface area contributed by atoms with Gasteiger partial charge in [0, 0.05) is 26.2 Å². The third-order valence-electron chi connectivity index (χ3n) is 7.00. The summed E-state index contributed by atoms with van der Waals surface area (Å²) in [6.07, 6.45) is 0.323. The van der Waals surface area contributed by atoms with Crippen LogP contribution in [-0.2, 0) is 19.2 Å². The van der Waals surface area contributed by atoms with Crippen molar-refractivity contribution in [2.24, 2.45) is 0 Å². The molecule has 3 heterocycles. The zero-order chi connectivity index (χ0) is 24.0. The molecule has 8 heteroatoms. The number of hydrogen-bond donors (Lipinski definition) is 0. The van der Waals surface area contributed by atoms with Gasteiger partial charge >= 0.3 is 0 Å². The fourth-order valence-corrected chi connectivity index (χ4v) is 5.24. The normalized spacial score (nSPS) is 24.5. The van der Waals surface area contributed by atoms with Gasteiger partial charge in [-0.2, -0.15) is 0 Å². The van der Waals surface area contributed by atoms with E-state index in [1.54, 1.807) is 12.1 Å². The van der Waals surface area contributed by atoms with Crippen LogP contribution in [0.2, 0.25) is 0 Å². The van der Waals surface area contributed by atoms with Gasteiger partial charge in [-0.1, -0.05) is 24.3 Å². The summed E-state index contributed by atoms with van der Waals surface area (Å²) in [4.78, 5) is 58.3. The summed E-state index contributed by atoms with van der Waals surface area (Å²) in [6.45, 7) is 6.11. The number of piperazine rings is 1. The van der Waals surface area contributed by atoms with Gasteiger partial charge in [-0.3, -0.25) is 29.0 Å². The Bertz CT molecular complexity index is 1080. The molecule has 176 valence electrons. The summed E-state index contributed by atoms with van der Waals surface area (Å²) in [6, 6.07) is 13.8. The first-order chi connectivity index (χ1) is 16.3. The van der Waals surface area contributed by atoms with Crippen LogP contribution in [0.1, 0.15) is 24.0 Å². The highest BCUT2D eigenvalue weighted by atomic mass is 16.2. The second kappa shape index (κ2) is 8.77. The Morgan fingerprint density at radius 2 is 1.00 bits per heavy atom. The van der Waals surface area contributed by atoms with Gasteiger partial charge in [0.2, 0.25) is 11.8 Å². The molecule has 0 N–H and O–H groups in total. The minimum absolute atomic E-state index is 0.161. The summed E-state index contributed by atoms with van der Waals surface area (Å²) in [7, 11) is 0.